The molecule has 2 aromatic rings. The zero-order valence-corrected chi connectivity index (χ0v) is 14.4. The van der Waals surface area contributed by atoms with E-state index in [0.29, 0.717) is 18.2 Å². The van der Waals surface area contributed by atoms with Crippen molar-refractivity contribution in [2.24, 2.45) is 5.73 Å². The molecular weight excluding hydrogens is 328 g/mol. The number of hydrogen-bond donors (Lipinski definition) is 1. The van der Waals surface area contributed by atoms with E-state index in [-0.39, 0.29) is 18.6 Å². The van der Waals surface area contributed by atoms with Crippen molar-refractivity contribution < 1.29 is 9.53 Å². The molecule has 1 aliphatic rings. The zero-order chi connectivity index (χ0) is 17.1. The van der Waals surface area contributed by atoms with Crippen LogP contribution >= 0.6 is 11.6 Å². The third kappa shape index (κ3) is 3.95. The first kappa shape index (κ1) is 17.0. The number of pyridine rings is 1. The number of halogens is 1. The van der Waals surface area contributed by atoms with E-state index in [1.54, 1.807) is 6.20 Å². The van der Waals surface area contributed by atoms with Crippen molar-refractivity contribution in [1.29, 1.82) is 0 Å². The molecule has 0 aliphatic carbocycles. The molecule has 24 heavy (non-hydrogen) atoms. The van der Waals surface area contributed by atoms with Gasteiger partial charge in [0.1, 0.15) is 0 Å². The molecule has 6 nitrogen and oxygen atoms in total. The predicted octanol–water partition coefficient (Wildman–Crippen LogP) is 1.51. The Hall–Kier alpha value is -1.89. The Morgan fingerprint density at radius 1 is 1.50 bits per heavy atom. The van der Waals surface area contributed by atoms with Gasteiger partial charge in [-0.1, -0.05) is 11.6 Å². The number of aromatic nitrogens is 1. The second kappa shape index (κ2) is 7.34. The molecule has 1 aromatic heterocycles. The van der Waals surface area contributed by atoms with Crippen molar-refractivity contribution in [3.05, 3.63) is 35.5 Å². The van der Waals surface area contributed by atoms with Crippen molar-refractivity contribution in [2.45, 2.75) is 6.10 Å². The lowest BCUT2D eigenvalue weighted by molar-refractivity contribution is -0.119. The third-order valence-corrected chi connectivity index (χ3v) is 4.34. The summed E-state index contributed by atoms with van der Waals surface area (Å²) in [6, 6.07) is 7.78. The van der Waals surface area contributed by atoms with Crippen molar-refractivity contribution in [1.82, 2.24) is 9.88 Å². The van der Waals surface area contributed by atoms with E-state index >= 15 is 0 Å². The van der Waals surface area contributed by atoms with Crippen LogP contribution in [0.25, 0.3) is 10.9 Å². The highest BCUT2D eigenvalue weighted by molar-refractivity contribution is 6.31. The maximum absolute atomic E-state index is 11.0. The van der Waals surface area contributed by atoms with Crippen LogP contribution in [0.15, 0.2) is 30.5 Å². The van der Waals surface area contributed by atoms with E-state index in [1.807, 2.05) is 36.2 Å². The number of benzene rings is 1. The number of hydrogen-bond acceptors (Lipinski definition) is 5. The van der Waals surface area contributed by atoms with Gasteiger partial charge in [-0.25, -0.2) is 0 Å². The number of rotatable bonds is 5. The molecule has 1 aromatic carbocycles. The summed E-state index contributed by atoms with van der Waals surface area (Å²) in [4.78, 5) is 19.6. The molecule has 1 amide bonds. The van der Waals surface area contributed by atoms with Crippen LogP contribution in [0.3, 0.4) is 0 Å². The lowest BCUT2D eigenvalue weighted by Gasteiger charge is -2.36. The van der Waals surface area contributed by atoms with Gasteiger partial charge < -0.3 is 15.4 Å². The minimum absolute atomic E-state index is 0.0265. The molecule has 2 N–H and O–H groups in total. The molecule has 128 valence electrons. The summed E-state index contributed by atoms with van der Waals surface area (Å²) in [5.41, 5.74) is 7.25. The van der Waals surface area contributed by atoms with Crippen LogP contribution in [0.1, 0.15) is 0 Å². The van der Waals surface area contributed by atoms with Crippen LogP contribution in [0, 0.1) is 0 Å². The van der Waals surface area contributed by atoms with Gasteiger partial charge in [-0.2, -0.15) is 0 Å². The van der Waals surface area contributed by atoms with Gasteiger partial charge in [-0.15, -0.1) is 0 Å². The molecule has 1 aliphatic heterocycles. The summed E-state index contributed by atoms with van der Waals surface area (Å²) < 4.78 is 5.84. The number of morpholine rings is 1. The molecule has 0 spiro atoms. The van der Waals surface area contributed by atoms with Crippen LogP contribution in [0.2, 0.25) is 5.02 Å². The lowest BCUT2D eigenvalue weighted by Crippen LogP contribution is -2.48. The summed E-state index contributed by atoms with van der Waals surface area (Å²) in [6.07, 6.45) is 1.83. The first-order valence-electron chi connectivity index (χ1n) is 7.90. The summed E-state index contributed by atoms with van der Waals surface area (Å²) >= 11 is 6.06. The maximum Gasteiger partial charge on any atom is 0.231 e. The van der Waals surface area contributed by atoms with E-state index in [9.17, 15) is 4.79 Å². The minimum atomic E-state index is -0.331. The fourth-order valence-electron chi connectivity index (χ4n) is 3.11. The molecular formula is C17H21ClN4O2. The van der Waals surface area contributed by atoms with Gasteiger partial charge >= 0.3 is 0 Å². The van der Waals surface area contributed by atoms with Crippen molar-refractivity contribution in [3.8, 4) is 0 Å². The number of amides is 1. The molecule has 0 radical (unpaired) electrons. The lowest BCUT2D eigenvalue weighted by atomic mass is 10.1. The van der Waals surface area contributed by atoms with Crippen LogP contribution in [0.5, 0.6) is 0 Å². The average molecular weight is 349 g/mol. The van der Waals surface area contributed by atoms with Gasteiger partial charge in [0.15, 0.2) is 0 Å². The number of nitrogens with two attached hydrogens (primary N) is 1. The quantitative estimate of drug-likeness (QED) is 0.886. The largest absolute Gasteiger partial charge is 0.373 e. The Labute approximate surface area is 146 Å². The zero-order valence-electron chi connectivity index (χ0n) is 13.6. The van der Waals surface area contributed by atoms with E-state index in [2.05, 4.69) is 9.88 Å². The Morgan fingerprint density at radius 2 is 2.33 bits per heavy atom. The van der Waals surface area contributed by atoms with Gasteiger partial charge in [0.05, 0.1) is 24.8 Å². The molecule has 0 saturated carbocycles. The molecule has 0 bridgehead atoms. The predicted molar refractivity (Wildman–Crippen MR) is 95.4 cm³/mol. The topological polar surface area (TPSA) is 71.7 Å². The molecule has 1 atom stereocenters. The number of ether oxygens (including phenoxy) is 1. The fourth-order valence-corrected chi connectivity index (χ4v) is 3.28. The number of fused-ring (bicyclic) bond motifs is 1. The van der Waals surface area contributed by atoms with E-state index in [0.717, 1.165) is 29.7 Å². The average Bonchev–Trinajstić information content (AvgIpc) is 2.53. The van der Waals surface area contributed by atoms with E-state index in [4.69, 9.17) is 22.1 Å². The van der Waals surface area contributed by atoms with Gasteiger partial charge in [0, 0.05) is 41.9 Å². The molecule has 1 saturated heterocycles. The van der Waals surface area contributed by atoms with Gasteiger partial charge in [0.25, 0.3) is 0 Å². The van der Waals surface area contributed by atoms with Crippen LogP contribution < -0.4 is 10.6 Å². The highest BCUT2D eigenvalue weighted by Crippen LogP contribution is 2.28. The van der Waals surface area contributed by atoms with Crippen molar-refractivity contribution in [3.63, 3.8) is 0 Å². The van der Waals surface area contributed by atoms with Gasteiger partial charge in [-0.05, 0) is 31.3 Å². The Balaban J connectivity index is 1.76. The summed E-state index contributed by atoms with van der Waals surface area (Å²) in [5.74, 6) is -0.331. The number of nitrogens with zero attached hydrogens (tertiary/aromatic N) is 3. The fraction of sp³-hybridized carbons (Fsp3) is 0.412. The van der Waals surface area contributed by atoms with Crippen molar-refractivity contribution in [2.75, 3.05) is 44.7 Å². The van der Waals surface area contributed by atoms with Crippen LogP contribution in [0.4, 0.5) is 5.69 Å². The number of carbonyl (C=O) groups is 1. The second-order valence-corrected chi connectivity index (χ2v) is 6.53. The maximum atomic E-state index is 11.0. The summed E-state index contributed by atoms with van der Waals surface area (Å²) in [7, 11) is 1.87. The molecule has 2 heterocycles. The number of likely N-dealkylation sites (N-methyl/N-ethyl adjacent to an activating group) is 1. The monoisotopic (exact) mass is 348 g/mol. The number of anilines is 1. The summed E-state index contributed by atoms with van der Waals surface area (Å²) in [5, 5.41) is 1.76. The molecule has 7 heteroatoms. The van der Waals surface area contributed by atoms with Crippen molar-refractivity contribution >= 4 is 34.1 Å². The molecule has 3 rings (SSSR count). The number of carbonyl (C=O) groups excluding carboxylic acids is 1. The third-order valence-electron chi connectivity index (χ3n) is 4.10. The Kier molecular flexibility index (Phi) is 5.18. The first-order chi connectivity index (χ1) is 11.5. The Bertz CT molecular complexity index is 740. The van der Waals surface area contributed by atoms with Crippen LogP contribution in [-0.4, -0.2) is 61.7 Å². The standard InChI is InChI=1S/C17H21ClN4O2/c1-21(11-17(19)23)9-13-10-22(6-7-24-13)16-4-5-20-15-8-12(18)2-3-14(15)16/h2-5,8,13H,6-7,9-11H2,1H3,(H2,19,23)/t13-/m1/s1. The smallest absolute Gasteiger partial charge is 0.231 e. The normalized spacial score (nSPS) is 18.3. The highest BCUT2D eigenvalue weighted by Gasteiger charge is 2.23. The second-order valence-electron chi connectivity index (χ2n) is 6.09. The highest BCUT2D eigenvalue weighted by atomic mass is 35.5. The first-order valence-corrected chi connectivity index (χ1v) is 8.28. The van der Waals surface area contributed by atoms with E-state index in [1.165, 1.54) is 0 Å². The van der Waals surface area contributed by atoms with Gasteiger partial charge in [-0.3, -0.25) is 14.7 Å². The number of primary amides is 1. The molecule has 0 unspecified atom stereocenters. The Morgan fingerprint density at radius 3 is 3.12 bits per heavy atom. The summed E-state index contributed by atoms with van der Waals surface area (Å²) in [6.45, 7) is 3.11. The molecule has 1 fully saturated rings. The SMILES string of the molecule is CN(CC(N)=O)C[C@@H]1CN(c2ccnc3cc(Cl)ccc23)CCO1. The van der Waals surface area contributed by atoms with E-state index < -0.39 is 0 Å². The minimum Gasteiger partial charge on any atom is -0.373 e. The van der Waals surface area contributed by atoms with Gasteiger partial charge in [0.2, 0.25) is 5.91 Å². The van der Waals surface area contributed by atoms with Crippen LogP contribution in [-0.2, 0) is 9.53 Å².